The molecule has 1 aliphatic heterocycles. The molecule has 1 atom stereocenters. The van der Waals surface area contributed by atoms with Crippen molar-refractivity contribution in [3.63, 3.8) is 0 Å². The third kappa shape index (κ3) is 5.08. The number of carbonyl (C=O) groups is 2. The molecular weight excluding hydrogens is 392 g/mol. The summed E-state index contributed by atoms with van der Waals surface area (Å²) in [6.45, 7) is 2.68. The van der Waals surface area contributed by atoms with Gasteiger partial charge in [-0.05, 0) is 56.7 Å². The summed E-state index contributed by atoms with van der Waals surface area (Å²) >= 11 is 1.48. The number of benzene rings is 1. The Morgan fingerprint density at radius 1 is 1.27 bits per heavy atom. The summed E-state index contributed by atoms with van der Waals surface area (Å²) in [7, 11) is 0. The van der Waals surface area contributed by atoms with Gasteiger partial charge in [-0.2, -0.15) is 0 Å². The number of rotatable bonds is 5. The molecule has 1 unspecified atom stereocenters. The molecule has 1 heterocycles. The Labute approximate surface area is 181 Å². The zero-order valence-electron chi connectivity index (χ0n) is 17.2. The molecule has 0 bridgehead atoms. The van der Waals surface area contributed by atoms with E-state index in [9.17, 15) is 9.59 Å². The first-order valence-corrected chi connectivity index (χ1v) is 11.4. The van der Waals surface area contributed by atoms with Crippen LogP contribution >= 0.6 is 11.8 Å². The average molecular weight is 419 g/mol. The van der Waals surface area contributed by atoms with E-state index in [0.29, 0.717) is 22.7 Å². The fourth-order valence-electron chi connectivity index (χ4n) is 3.76. The number of nitrogens with zero attached hydrogens (tertiary/aromatic N) is 1. The topological polar surface area (TPSA) is 58.5 Å². The van der Waals surface area contributed by atoms with Crippen molar-refractivity contribution in [1.82, 2.24) is 5.32 Å². The Hall–Kier alpha value is -2.66. The van der Waals surface area contributed by atoms with E-state index in [4.69, 9.17) is 0 Å². The number of fused-ring (bicyclic) bond motifs is 1. The molecule has 5 heteroatoms. The quantitative estimate of drug-likeness (QED) is 0.545. The lowest BCUT2D eigenvalue weighted by atomic mass is 9.97. The number of hydrogen-bond donors (Lipinski definition) is 1. The van der Waals surface area contributed by atoms with E-state index in [0.717, 1.165) is 24.8 Å². The van der Waals surface area contributed by atoms with Gasteiger partial charge in [-0.15, -0.1) is 11.8 Å². The lowest BCUT2D eigenvalue weighted by Crippen LogP contribution is -2.30. The molecular formula is C25H26N2O2S. The Kier molecular flexibility index (Phi) is 6.48. The number of allylic oxidation sites excluding steroid dienone is 2. The maximum absolute atomic E-state index is 12.5. The standard InChI is InChI=1S/C25H26N2O2S/c1-17-7-9-19(10-8-17)15-23-25(29)27-21-16-20(11-12-22(21)30-23)24(28)26-14-13-18-5-3-2-4-6-18/h5,7-12,15-16,22H,2-4,6,13-14H2,1H3,(H,26,28)/b23-15+. The zero-order chi connectivity index (χ0) is 20.9. The number of carbonyl (C=O) groups excluding carboxylic acids is 2. The molecule has 3 aliphatic rings. The van der Waals surface area contributed by atoms with Gasteiger partial charge in [0.15, 0.2) is 0 Å². The van der Waals surface area contributed by atoms with E-state index in [1.807, 2.05) is 49.4 Å². The third-order valence-electron chi connectivity index (χ3n) is 5.49. The Balaban J connectivity index is 1.40. The average Bonchev–Trinajstić information content (AvgIpc) is 2.76. The second-order valence-electron chi connectivity index (χ2n) is 7.87. The van der Waals surface area contributed by atoms with E-state index in [2.05, 4.69) is 16.4 Å². The highest BCUT2D eigenvalue weighted by atomic mass is 32.2. The van der Waals surface area contributed by atoms with Crippen LogP contribution < -0.4 is 5.32 Å². The molecule has 0 aromatic heterocycles. The highest BCUT2D eigenvalue weighted by molar-refractivity contribution is 8.05. The van der Waals surface area contributed by atoms with Crippen LogP contribution in [-0.2, 0) is 9.59 Å². The second-order valence-corrected chi connectivity index (χ2v) is 9.06. The van der Waals surface area contributed by atoms with Gasteiger partial charge in [0, 0.05) is 12.1 Å². The fourth-order valence-corrected chi connectivity index (χ4v) is 4.78. The third-order valence-corrected chi connectivity index (χ3v) is 6.69. The van der Waals surface area contributed by atoms with E-state index in [-0.39, 0.29) is 17.1 Å². The zero-order valence-corrected chi connectivity index (χ0v) is 18.0. The summed E-state index contributed by atoms with van der Waals surface area (Å²) in [4.78, 5) is 29.9. The van der Waals surface area contributed by atoms with Crippen molar-refractivity contribution in [2.45, 2.75) is 44.3 Å². The van der Waals surface area contributed by atoms with Gasteiger partial charge in [0.25, 0.3) is 11.8 Å². The van der Waals surface area contributed by atoms with Crippen molar-refractivity contribution < 1.29 is 9.59 Å². The Morgan fingerprint density at radius 3 is 2.87 bits per heavy atom. The van der Waals surface area contributed by atoms with Crippen LogP contribution in [0.15, 0.2) is 69.6 Å². The molecule has 1 N–H and O–H groups in total. The van der Waals surface area contributed by atoms with E-state index < -0.39 is 0 Å². The van der Waals surface area contributed by atoms with Gasteiger partial charge in [0.2, 0.25) is 0 Å². The van der Waals surface area contributed by atoms with Gasteiger partial charge in [0.05, 0.1) is 15.9 Å². The molecule has 4 rings (SSSR count). The van der Waals surface area contributed by atoms with E-state index in [1.54, 1.807) is 6.08 Å². The van der Waals surface area contributed by atoms with Crippen LogP contribution in [0.5, 0.6) is 0 Å². The molecule has 154 valence electrons. The first kappa shape index (κ1) is 20.6. The summed E-state index contributed by atoms with van der Waals surface area (Å²) in [6.07, 6.45) is 15.5. The minimum Gasteiger partial charge on any atom is -0.352 e. The molecule has 1 aromatic rings. The van der Waals surface area contributed by atoms with Crippen LogP contribution in [0.3, 0.4) is 0 Å². The van der Waals surface area contributed by atoms with Crippen molar-refractivity contribution in [2.75, 3.05) is 6.54 Å². The minimum atomic E-state index is -0.248. The first-order chi connectivity index (χ1) is 14.6. The first-order valence-electron chi connectivity index (χ1n) is 10.5. The van der Waals surface area contributed by atoms with Gasteiger partial charge in [-0.1, -0.05) is 53.6 Å². The Bertz CT molecular complexity index is 996. The summed E-state index contributed by atoms with van der Waals surface area (Å²) in [5, 5.41) is 2.96. The van der Waals surface area contributed by atoms with E-state index in [1.165, 1.54) is 35.7 Å². The lowest BCUT2D eigenvalue weighted by molar-refractivity contribution is -0.117. The van der Waals surface area contributed by atoms with Crippen LogP contribution in [0.1, 0.15) is 43.2 Å². The molecule has 0 spiro atoms. The number of aryl methyl sites for hydroxylation is 1. The normalized spacial score (nSPS) is 22.2. The molecule has 4 nitrogen and oxygen atoms in total. The van der Waals surface area contributed by atoms with Gasteiger partial charge >= 0.3 is 0 Å². The number of thioether (sulfide) groups is 1. The predicted molar refractivity (Wildman–Crippen MR) is 124 cm³/mol. The van der Waals surface area contributed by atoms with Crippen LogP contribution in [0.25, 0.3) is 6.08 Å². The fraction of sp³-hybridized carbons (Fsp3) is 0.320. The van der Waals surface area contributed by atoms with Crippen LogP contribution in [-0.4, -0.2) is 29.3 Å². The number of hydrogen-bond acceptors (Lipinski definition) is 3. The van der Waals surface area contributed by atoms with Crippen molar-refractivity contribution in [3.8, 4) is 0 Å². The molecule has 0 saturated carbocycles. The SMILES string of the molecule is Cc1ccc(/C=C2/SC3C=CC(C(=O)NCCC4=CCCCC4)=CC3=NC2=O)cc1. The smallest absolute Gasteiger partial charge is 0.283 e. The minimum absolute atomic E-state index is 0.0386. The van der Waals surface area contributed by atoms with Gasteiger partial charge < -0.3 is 5.32 Å². The largest absolute Gasteiger partial charge is 0.352 e. The monoisotopic (exact) mass is 418 g/mol. The molecule has 0 radical (unpaired) electrons. The molecule has 0 fully saturated rings. The number of aliphatic imine (C=N–C) groups is 1. The van der Waals surface area contributed by atoms with Crippen molar-refractivity contribution in [2.24, 2.45) is 4.99 Å². The van der Waals surface area contributed by atoms with Crippen LogP contribution in [0.2, 0.25) is 0 Å². The highest BCUT2D eigenvalue weighted by Crippen LogP contribution is 2.34. The van der Waals surface area contributed by atoms with Gasteiger partial charge in [0.1, 0.15) is 0 Å². The molecule has 30 heavy (non-hydrogen) atoms. The number of nitrogens with one attached hydrogen (secondary N) is 1. The molecule has 2 aliphatic carbocycles. The molecule has 1 aromatic carbocycles. The summed E-state index contributed by atoms with van der Waals surface area (Å²) < 4.78 is 0. The summed E-state index contributed by atoms with van der Waals surface area (Å²) in [6, 6.07) is 8.05. The predicted octanol–water partition coefficient (Wildman–Crippen LogP) is 4.92. The Morgan fingerprint density at radius 2 is 2.10 bits per heavy atom. The number of amides is 2. The molecule has 2 amide bonds. The highest BCUT2D eigenvalue weighted by Gasteiger charge is 2.28. The van der Waals surface area contributed by atoms with Crippen molar-refractivity contribution in [1.29, 1.82) is 0 Å². The maximum Gasteiger partial charge on any atom is 0.283 e. The molecule has 0 saturated heterocycles. The van der Waals surface area contributed by atoms with E-state index >= 15 is 0 Å². The summed E-state index contributed by atoms with van der Waals surface area (Å²) in [5.41, 5.74) is 4.82. The second kappa shape index (κ2) is 9.43. The maximum atomic E-state index is 12.5. The van der Waals surface area contributed by atoms with Gasteiger partial charge in [-0.25, -0.2) is 4.99 Å². The lowest BCUT2D eigenvalue weighted by Gasteiger charge is -2.22. The van der Waals surface area contributed by atoms with Crippen molar-refractivity contribution >= 4 is 35.4 Å². The van der Waals surface area contributed by atoms with Crippen LogP contribution in [0.4, 0.5) is 0 Å². The van der Waals surface area contributed by atoms with Crippen LogP contribution in [0, 0.1) is 6.92 Å². The summed E-state index contributed by atoms with van der Waals surface area (Å²) in [5.74, 6) is -0.357. The van der Waals surface area contributed by atoms with Crippen molar-refractivity contribution in [3.05, 3.63) is 75.7 Å². The van der Waals surface area contributed by atoms with Gasteiger partial charge in [-0.3, -0.25) is 9.59 Å².